The summed E-state index contributed by atoms with van der Waals surface area (Å²) < 4.78 is 0. The van der Waals surface area contributed by atoms with Crippen molar-refractivity contribution < 1.29 is 4.79 Å². The Bertz CT molecular complexity index is 568. The number of nitrogens with zero attached hydrogens (tertiary/aromatic N) is 1. The first-order chi connectivity index (χ1) is 8.72. The number of para-hydroxylation sites is 1. The predicted molar refractivity (Wildman–Crippen MR) is 72.7 cm³/mol. The summed E-state index contributed by atoms with van der Waals surface area (Å²) in [7, 11) is 1.87. The van der Waals surface area contributed by atoms with Crippen LogP contribution in [-0.2, 0) is 0 Å². The van der Waals surface area contributed by atoms with Crippen LogP contribution in [-0.4, -0.2) is 31.0 Å². The standard InChI is InChI=1S/C13H16N4O/c1-15-6-7-16-13-10(12(14)18)8-9-4-2-3-5-11(9)17-13/h2-5,8,15H,6-7H2,1H3,(H2,14,18)(H,16,17). The molecule has 0 spiro atoms. The minimum atomic E-state index is -0.472. The number of likely N-dealkylation sites (N-methyl/N-ethyl adjacent to an activating group) is 1. The van der Waals surface area contributed by atoms with E-state index in [4.69, 9.17) is 5.73 Å². The Balaban J connectivity index is 2.41. The molecule has 0 fully saturated rings. The molecule has 4 N–H and O–H groups in total. The number of carbonyl (C=O) groups excluding carboxylic acids is 1. The number of nitrogens with one attached hydrogen (secondary N) is 2. The maximum atomic E-state index is 11.4. The van der Waals surface area contributed by atoms with Crippen molar-refractivity contribution in [2.45, 2.75) is 0 Å². The summed E-state index contributed by atoms with van der Waals surface area (Å²) >= 11 is 0. The normalized spacial score (nSPS) is 10.5. The molecule has 5 nitrogen and oxygen atoms in total. The van der Waals surface area contributed by atoms with E-state index in [0.29, 0.717) is 17.9 Å². The molecule has 0 saturated heterocycles. The summed E-state index contributed by atoms with van der Waals surface area (Å²) in [4.78, 5) is 15.9. The van der Waals surface area contributed by atoms with Crippen molar-refractivity contribution in [2.24, 2.45) is 5.73 Å². The number of hydrogen-bond donors (Lipinski definition) is 3. The molecule has 0 aliphatic carbocycles. The summed E-state index contributed by atoms with van der Waals surface area (Å²) in [6.45, 7) is 1.47. The van der Waals surface area contributed by atoms with E-state index in [-0.39, 0.29) is 0 Å². The Morgan fingerprint density at radius 2 is 2.11 bits per heavy atom. The summed E-state index contributed by atoms with van der Waals surface area (Å²) in [5, 5.41) is 7.04. The molecule has 0 atom stereocenters. The van der Waals surface area contributed by atoms with Gasteiger partial charge in [0.05, 0.1) is 11.1 Å². The lowest BCUT2D eigenvalue weighted by molar-refractivity contribution is 0.100. The first-order valence-electron chi connectivity index (χ1n) is 5.80. The minimum absolute atomic E-state index is 0.421. The first kappa shape index (κ1) is 12.3. The maximum absolute atomic E-state index is 11.4. The second-order valence-electron chi connectivity index (χ2n) is 3.97. The zero-order valence-corrected chi connectivity index (χ0v) is 10.2. The van der Waals surface area contributed by atoms with Gasteiger partial charge < -0.3 is 16.4 Å². The van der Waals surface area contributed by atoms with Crippen LogP contribution in [0.4, 0.5) is 5.82 Å². The number of fused-ring (bicyclic) bond motifs is 1. The zero-order valence-electron chi connectivity index (χ0n) is 10.2. The predicted octanol–water partition coefficient (Wildman–Crippen LogP) is 0.965. The van der Waals surface area contributed by atoms with Crippen LogP contribution in [0.5, 0.6) is 0 Å². The van der Waals surface area contributed by atoms with E-state index in [9.17, 15) is 4.79 Å². The fraction of sp³-hybridized carbons (Fsp3) is 0.231. The molecule has 0 radical (unpaired) electrons. The quantitative estimate of drug-likeness (QED) is 0.684. The molecule has 2 aromatic rings. The van der Waals surface area contributed by atoms with Crippen LogP contribution in [0.25, 0.3) is 10.9 Å². The van der Waals surface area contributed by atoms with Gasteiger partial charge in [0.25, 0.3) is 5.91 Å². The fourth-order valence-electron chi connectivity index (χ4n) is 1.74. The van der Waals surface area contributed by atoms with Gasteiger partial charge in [0.2, 0.25) is 0 Å². The third-order valence-electron chi connectivity index (χ3n) is 2.66. The molecule has 5 heteroatoms. The number of nitrogens with two attached hydrogens (primary N) is 1. The molecule has 0 bridgehead atoms. The van der Waals surface area contributed by atoms with Gasteiger partial charge in [-0.2, -0.15) is 0 Å². The summed E-state index contributed by atoms with van der Waals surface area (Å²) in [6.07, 6.45) is 0. The molecule has 0 aliphatic heterocycles. The van der Waals surface area contributed by atoms with Gasteiger partial charge in [-0.15, -0.1) is 0 Å². The van der Waals surface area contributed by atoms with Crippen molar-refractivity contribution >= 4 is 22.6 Å². The minimum Gasteiger partial charge on any atom is -0.368 e. The highest BCUT2D eigenvalue weighted by Gasteiger charge is 2.10. The molecule has 1 aromatic carbocycles. The number of primary amides is 1. The van der Waals surface area contributed by atoms with Crippen LogP contribution in [0, 0.1) is 0 Å². The second kappa shape index (κ2) is 5.46. The van der Waals surface area contributed by atoms with Crippen molar-refractivity contribution in [1.82, 2.24) is 10.3 Å². The number of rotatable bonds is 5. The molecule has 0 unspecified atom stereocenters. The van der Waals surface area contributed by atoms with Gasteiger partial charge in [0.1, 0.15) is 5.82 Å². The average molecular weight is 244 g/mol. The summed E-state index contributed by atoms with van der Waals surface area (Å²) in [5.41, 5.74) is 6.64. The molecule has 1 heterocycles. The van der Waals surface area contributed by atoms with E-state index < -0.39 is 5.91 Å². The first-order valence-corrected chi connectivity index (χ1v) is 5.80. The smallest absolute Gasteiger partial charge is 0.252 e. The van der Waals surface area contributed by atoms with Gasteiger partial charge in [0.15, 0.2) is 0 Å². The molecule has 94 valence electrons. The highest BCUT2D eigenvalue weighted by Crippen LogP contribution is 2.19. The molecule has 0 aliphatic rings. The average Bonchev–Trinajstić information content (AvgIpc) is 2.38. The van der Waals surface area contributed by atoms with Crippen LogP contribution in [0.2, 0.25) is 0 Å². The van der Waals surface area contributed by atoms with Crippen LogP contribution >= 0.6 is 0 Å². The number of anilines is 1. The molecular weight excluding hydrogens is 228 g/mol. The highest BCUT2D eigenvalue weighted by molar-refractivity contribution is 6.01. The van der Waals surface area contributed by atoms with Crippen LogP contribution < -0.4 is 16.4 Å². The van der Waals surface area contributed by atoms with E-state index in [0.717, 1.165) is 17.4 Å². The lowest BCUT2D eigenvalue weighted by atomic mass is 10.1. The molecule has 2 rings (SSSR count). The Morgan fingerprint density at radius 1 is 1.33 bits per heavy atom. The molecule has 1 amide bonds. The van der Waals surface area contributed by atoms with Gasteiger partial charge in [-0.1, -0.05) is 18.2 Å². The number of amides is 1. The third kappa shape index (κ3) is 2.57. The number of pyridine rings is 1. The molecule has 1 aromatic heterocycles. The number of hydrogen-bond acceptors (Lipinski definition) is 4. The van der Waals surface area contributed by atoms with Crippen molar-refractivity contribution in [3.05, 3.63) is 35.9 Å². The lowest BCUT2D eigenvalue weighted by Crippen LogP contribution is -2.21. The Labute approximate surface area is 105 Å². The largest absolute Gasteiger partial charge is 0.368 e. The number of aromatic nitrogens is 1. The Kier molecular flexibility index (Phi) is 3.74. The van der Waals surface area contributed by atoms with Crippen LogP contribution in [0.3, 0.4) is 0 Å². The third-order valence-corrected chi connectivity index (χ3v) is 2.66. The van der Waals surface area contributed by atoms with Gasteiger partial charge in [-0.05, 0) is 19.2 Å². The topological polar surface area (TPSA) is 80.0 Å². The molecular formula is C13H16N4O. The highest BCUT2D eigenvalue weighted by atomic mass is 16.1. The van der Waals surface area contributed by atoms with Crippen molar-refractivity contribution in [2.75, 3.05) is 25.5 Å². The Hall–Kier alpha value is -2.14. The van der Waals surface area contributed by atoms with Crippen molar-refractivity contribution in [1.29, 1.82) is 0 Å². The monoisotopic (exact) mass is 244 g/mol. The van der Waals surface area contributed by atoms with E-state index in [1.807, 2.05) is 31.3 Å². The van der Waals surface area contributed by atoms with E-state index in [2.05, 4.69) is 15.6 Å². The Morgan fingerprint density at radius 3 is 2.83 bits per heavy atom. The lowest BCUT2D eigenvalue weighted by Gasteiger charge is -2.10. The van der Waals surface area contributed by atoms with Gasteiger partial charge in [-0.3, -0.25) is 4.79 Å². The van der Waals surface area contributed by atoms with Crippen molar-refractivity contribution in [3.8, 4) is 0 Å². The second-order valence-corrected chi connectivity index (χ2v) is 3.97. The fourth-order valence-corrected chi connectivity index (χ4v) is 1.74. The van der Waals surface area contributed by atoms with Gasteiger partial charge in [0, 0.05) is 18.5 Å². The summed E-state index contributed by atoms with van der Waals surface area (Å²) in [5.74, 6) is 0.0664. The van der Waals surface area contributed by atoms with E-state index >= 15 is 0 Å². The van der Waals surface area contributed by atoms with Gasteiger partial charge >= 0.3 is 0 Å². The van der Waals surface area contributed by atoms with Gasteiger partial charge in [-0.25, -0.2) is 4.98 Å². The molecule has 18 heavy (non-hydrogen) atoms. The van der Waals surface area contributed by atoms with Crippen LogP contribution in [0.15, 0.2) is 30.3 Å². The number of benzene rings is 1. The van der Waals surface area contributed by atoms with Crippen molar-refractivity contribution in [3.63, 3.8) is 0 Å². The van der Waals surface area contributed by atoms with Crippen LogP contribution in [0.1, 0.15) is 10.4 Å². The van der Waals surface area contributed by atoms with E-state index in [1.165, 1.54) is 0 Å². The van der Waals surface area contributed by atoms with E-state index in [1.54, 1.807) is 6.07 Å². The maximum Gasteiger partial charge on any atom is 0.252 e. The summed E-state index contributed by atoms with van der Waals surface area (Å²) in [6, 6.07) is 9.40. The molecule has 0 saturated carbocycles. The zero-order chi connectivity index (χ0) is 13.0. The number of carbonyl (C=O) groups is 1. The SMILES string of the molecule is CNCCNc1nc2ccccc2cc1C(N)=O.